The van der Waals surface area contributed by atoms with Gasteiger partial charge in [-0.15, -0.1) is 11.3 Å². The van der Waals surface area contributed by atoms with Crippen molar-refractivity contribution in [2.45, 2.75) is 20.0 Å². The van der Waals surface area contributed by atoms with E-state index in [1.54, 1.807) is 18.4 Å². The summed E-state index contributed by atoms with van der Waals surface area (Å²) < 4.78 is 5.43. The molecule has 0 aliphatic carbocycles. The highest BCUT2D eigenvalue weighted by atomic mass is 32.1. The minimum Gasteiger partial charge on any atom is -0.496 e. The number of thiazole rings is 1. The average molecular weight is 298 g/mol. The number of hydrogen-bond acceptors (Lipinski definition) is 4. The molecule has 0 atom stereocenters. The Morgan fingerprint density at radius 1 is 1.10 bits per heavy atom. The lowest BCUT2D eigenvalue weighted by atomic mass is 10.0. The Morgan fingerprint density at radius 2 is 1.90 bits per heavy atom. The predicted molar refractivity (Wildman–Crippen MR) is 87.9 cm³/mol. The van der Waals surface area contributed by atoms with E-state index in [2.05, 4.69) is 41.5 Å². The molecule has 0 aliphatic rings. The van der Waals surface area contributed by atoms with Gasteiger partial charge in [-0.05, 0) is 23.9 Å². The van der Waals surface area contributed by atoms with Crippen molar-refractivity contribution in [2.24, 2.45) is 0 Å². The normalized spacial score (nSPS) is 11.0. The lowest BCUT2D eigenvalue weighted by Gasteiger charge is -2.11. The SMILES string of the molecule is COc1ccc(CNCc2scnc2C)c2ccccc12. The minimum absolute atomic E-state index is 0.835. The highest BCUT2D eigenvalue weighted by Crippen LogP contribution is 2.28. The van der Waals surface area contributed by atoms with Crippen LogP contribution in [-0.4, -0.2) is 12.1 Å². The first kappa shape index (κ1) is 14.0. The van der Waals surface area contributed by atoms with Crippen molar-refractivity contribution >= 4 is 22.1 Å². The van der Waals surface area contributed by atoms with Crippen LogP contribution >= 0.6 is 11.3 Å². The first-order chi connectivity index (χ1) is 10.3. The monoisotopic (exact) mass is 298 g/mol. The molecule has 3 rings (SSSR count). The molecule has 0 amide bonds. The third-order valence-electron chi connectivity index (χ3n) is 3.64. The lowest BCUT2D eigenvalue weighted by molar-refractivity contribution is 0.419. The first-order valence-electron chi connectivity index (χ1n) is 6.94. The molecular weight excluding hydrogens is 280 g/mol. The van der Waals surface area contributed by atoms with Crippen molar-refractivity contribution in [3.63, 3.8) is 0 Å². The van der Waals surface area contributed by atoms with Gasteiger partial charge in [0.15, 0.2) is 0 Å². The van der Waals surface area contributed by atoms with Gasteiger partial charge in [0.05, 0.1) is 18.3 Å². The molecule has 0 saturated heterocycles. The lowest BCUT2D eigenvalue weighted by Crippen LogP contribution is -2.12. The average Bonchev–Trinajstić information content (AvgIpc) is 2.93. The van der Waals surface area contributed by atoms with E-state index >= 15 is 0 Å². The molecule has 21 heavy (non-hydrogen) atoms. The molecular formula is C17H18N2OS. The van der Waals surface area contributed by atoms with Crippen molar-refractivity contribution in [3.8, 4) is 5.75 Å². The summed E-state index contributed by atoms with van der Waals surface area (Å²) in [6.07, 6.45) is 0. The fourth-order valence-electron chi connectivity index (χ4n) is 2.47. The van der Waals surface area contributed by atoms with Gasteiger partial charge >= 0.3 is 0 Å². The Morgan fingerprint density at radius 3 is 2.62 bits per heavy atom. The summed E-state index contributed by atoms with van der Waals surface area (Å²) in [4.78, 5) is 5.58. The second-order valence-electron chi connectivity index (χ2n) is 4.94. The summed E-state index contributed by atoms with van der Waals surface area (Å²) in [6.45, 7) is 3.75. The highest BCUT2D eigenvalue weighted by molar-refractivity contribution is 7.09. The summed E-state index contributed by atoms with van der Waals surface area (Å²) in [5.41, 5.74) is 4.30. The zero-order valence-corrected chi connectivity index (χ0v) is 13.0. The van der Waals surface area contributed by atoms with E-state index in [1.165, 1.54) is 15.8 Å². The zero-order chi connectivity index (χ0) is 14.7. The molecule has 0 spiro atoms. The number of nitrogens with zero attached hydrogens (tertiary/aromatic N) is 1. The quantitative estimate of drug-likeness (QED) is 0.775. The molecule has 4 heteroatoms. The molecule has 3 nitrogen and oxygen atoms in total. The van der Waals surface area contributed by atoms with Crippen LogP contribution in [0.15, 0.2) is 41.9 Å². The van der Waals surface area contributed by atoms with Crippen LogP contribution in [0, 0.1) is 6.92 Å². The fraction of sp³-hybridized carbons (Fsp3) is 0.235. The van der Waals surface area contributed by atoms with Crippen molar-refractivity contribution in [1.82, 2.24) is 10.3 Å². The van der Waals surface area contributed by atoms with Gasteiger partial charge < -0.3 is 10.1 Å². The van der Waals surface area contributed by atoms with Gasteiger partial charge in [-0.2, -0.15) is 0 Å². The van der Waals surface area contributed by atoms with Gasteiger partial charge in [-0.3, -0.25) is 0 Å². The van der Waals surface area contributed by atoms with Gasteiger partial charge in [0.25, 0.3) is 0 Å². The number of fused-ring (bicyclic) bond motifs is 1. The highest BCUT2D eigenvalue weighted by Gasteiger charge is 2.06. The van der Waals surface area contributed by atoms with Gasteiger partial charge in [0.1, 0.15) is 5.75 Å². The van der Waals surface area contributed by atoms with Gasteiger partial charge in [-0.25, -0.2) is 4.98 Å². The van der Waals surface area contributed by atoms with E-state index in [4.69, 9.17) is 4.74 Å². The molecule has 0 radical (unpaired) electrons. The van der Waals surface area contributed by atoms with Crippen LogP contribution in [0.3, 0.4) is 0 Å². The molecule has 0 unspecified atom stereocenters. The van der Waals surface area contributed by atoms with Crippen molar-refractivity contribution < 1.29 is 4.74 Å². The predicted octanol–water partition coefficient (Wildman–Crippen LogP) is 3.90. The Hall–Kier alpha value is -1.91. The van der Waals surface area contributed by atoms with Crippen LogP contribution in [0.5, 0.6) is 5.75 Å². The summed E-state index contributed by atoms with van der Waals surface area (Å²) in [5, 5.41) is 5.91. The molecule has 3 aromatic rings. The Kier molecular flexibility index (Phi) is 4.18. The molecule has 0 bridgehead atoms. The van der Waals surface area contributed by atoms with Crippen LogP contribution in [0.2, 0.25) is 0 Å². The molecule has 0 fully saturated rings. The molecule has 0 saturated carbocycles. The number of aromatic nitrogens is 1. The summed E-state index contributed by atoms with van der Waals surface area (Å²) >= 11 is 1.70. The van der Waals surface area contributed by atoms with E-state index in [0.29, 0.717) is 0 Å². The number of benzene rings is 2. The summed E-state index contributed by atoms with van der Waals surface area (Å²) in [6, 6.07) is 12.5. The van der Waals surface area contributed by atoms with E-state index in [-0.39, 0.29) is 0 Å². The smallest absolute Gasteiger partial charge is 0.126 e. The summed E-state index contributed by atoms with van der Waals surface area (Å²) in [5.74, 6) is 0.924. The molecule has 108 valence electrons. The maximum atomic E-state index is 5.43. The molecule has 0 aliphatic heterocycles. The number of hydrogen-bond donors (Lipinski definition) is 1. The molecule has 1 N–H and O–H groups in total. The standard InChI is InChI=1S/C17H18N2OS/c1-12-17(21-11-19-12)10-18-9-13-7-8-16(20-2)15-6-4-3-5-14(13)15/h3-8,11,18H,9-10H2,1-2H3. The molecule has 1 heterocycles. The second-order valence-corrected chi connectivity index (χ2v) is 5.88. The number of rotatable bonds is 5. The Balaban J connectivity index is 1.80. The minimum atomic E-state index is 0.835. The zero-order valence-electron chi connectivity index (χ0n) is 12.2. The van der Waals surface area contributed by atoms with E-state index < -0.39 is 0 Å². The van der Waals surface area contributed by atoms with Crippen molar-refractivity contribution in [1.29, 1.82) is 0 Å². The van der Waals surface area contributed by atoms with Crippen molar-refractivity contribution in [2.75, 3.05) is 7.11 Å². The number of methoxy groups -OCH3 is 1. The number of nitrogens with one attached hydrogen (secondary N) is 1. The van der Waals surface area contributed by atoms with Crippen molar-refractivity contribution in [3.05, 3.63) is 58.0 Å². The second kappa shape index (κ2) is 6.24. The third kappa shape index (κ3) is 2.91. The van der Waals surface area contributed by atoms with Crippen LogP contribution in [0.25, 0.3) is 10.8 Å². The molecule has 2 aromatic carbocycles. The van der Waals surface area contributed by atoms with Crippen LogP contribution < -0.4 is 10.1 Å². The fourth-order valence-corrected chi connectivity index (χ4v) is 3.22. The first-order valence-corrected chi connectivity index (χ1v) is 7.82. The third-order valence-corrected chi connectivity index (χ3v) is 4.58. The topological polar surface area (TPSA) is 34.1 Å². The van der Waals surface area contributed by atoms with Gasteiger partial charge in [0.2, 0.25) is 0 Å². The van der Waals surface area contributed by atoms with E-state index in [1.807, 2.05) is 17.6 Å². The van der Waals surface area contributed by atoms with Crippen LogP contribution in [0.4, 0.5) is 0 Å². The van der Waals surface area contributed by atoms with Crippen LogP contribution in [0.1, 0.15) is 16.1 Å². The maximum absolute atomic E-state index is 5.43. The van der Waals surface area contributed by atoms with Gasteiger partial charge in [-0.1, -0.05) is 30.3 Å². The number of aryl methyl sites for hydroxylation is 1. The number of ether oxygens (including phenoxy) is 1. The van der Waals surface area contributed by atoms with Gasteiger partial charge in [0, 0.05) is 23.4 Å². The maximum Gasteiger partial charge on any atom is 0.126 e. The largest absolute Gasteiger partial charge is 0.496 e. The van der Waals surface area contributed by atoms with E-state index in [0.717, 1.165) is 29.9 Å². The van der Waals surface area contributed by atoms with Crippen LogP contribution in [-0.2, 0) is 13.1 Å². The Bertz CT molecular complexity index is 751. The Labute approximate surface area is 128 Å². The summed E-state index contributed by atoms with van der Waals surface area (Å²) in [7, 11) is 1.71. The molecule has 1 aromatic heterocycles. The van der Waals surface area contributed by atoms with E-state index in [9.17, 15) is 0 Å².